The van der Waals surface area contributed by atoms with Crippen molar-refractivity contribution in [3.05, 3.63) is 95.7 Å². The number of aromatic nitrogens is 4. The van der Waals surface area contributed by atoms with E-state index in [9.17, 15) is 0 Å². The van der Waals surface area contributed by atoms with Crippen molar-refractivity contribution in [2.45, 2.75) is 19.5 Å². The summed E-state index contributed by atoms with van der Waals surface area (Å²) < 4.78 is 7.43. The van der Waals surface area contributed by atoms with Crippen LogP contribution in [-0.2, 0) is 6.54 Å². The Balaban J connectivity index is 1.43. The van der Waals surface area contributed by atoms with Gasteiger partial charge in [-0.05, 0) is 41.6 Å². The summed E-state index contributed by atoms with van der Waals surface area (Å²) in [7, 11) is 0. The van der Waals surface area contributed by atoms with E-state index in [1.165, 1.54) is 21.7 Å². The number of hydrogen-bond donors (Lipinski definition) is 2. The van der Waals surface area contributed by atoms with E-state index >= 15 is 0 Å². The van der Waals surface area contributed by atoms with Gasteiger partial charge < -0.3 is 9.32 Å². The number of aryl methyl sites for hydroxylation is 1. The molecule has 0 radical (unpaired) electrons. The number of nitrogens with one attached hydrogen (secondary N) is 2. The molecule has 2 N–H and O–H groups in total. The lowest BCUT2D eigenvalue weighted by atomic mass is 10.0. The minimum Gasteiger partial charge on any atom is -0.467 e. The number of quaternary nitrogens is 2. The van der Waals surface area contributed by atoms with E-state index in [2.05, 4.69) is 77.0 Å². The largest absolute Gasteiger partial charge is 0.467 e. The van der Waals surface area contributed by atoms with Gasteiger partial charge in [-0.2, -0.15) is 0 Å². The van der Waals surface area contributed by atoms with Crippen LogP contribution in [0, 0.1) is 6.92 Å². The van der Waals surface area contributed by atoms with Crippen LogP contribution in [0.1, 0.15) is 28.8 Å². The first kappa shape index (κ1) is 19.7. The Bertz CT molecular complexity index is 1080. The second-order valence-electron chi connectivity index (χ2n) is 8.25. The molecular weight excluding hydrogens is 388 g/mol. The van der Waals surface area contributed by atoms with E-state index in [-0.39, 0.29) is 6.04 Å². The van der Waals surface area contributed by atoms with Crippen molar-refractivity contribution in [3.63, 3.8) is 0 Å². The molecule has 2 aromatic heterocycles. The van der Waals surface area contributed by atoms with E-state index in [1.54, 1.807) is 11.2 Å². The highest BCUT2D eigenvalue weighted by Crippen LogP contribution is 2.19. The zero-order valence-corrected chi connectivity index (χ0v) is 17.7. The lowest BCUT2D eigenvalue weighted by Gasteiger charge is -2.34. The molecule has 0 spiro atoms. The van der Waals surface area contributed by atoms with E-state index < -0.39 is 0 Å². The minimum atomic E-state index is 0.0860. The van der Waals surface area contributed by atoms with Gasteiger partial charge in [0, 0.05) is 5.56 Å². The molecule has 4 aromatic rings. The van der Waals surface area contributed by atoms with Gasteiger partial charge in [0.05, 0.1) is 6.26 Å². The molecule has 0 aliphatic carbocycles. The molecule has 0 unspecified atom stereocenters. The average molecular weight is 417 g/mol. The van der Waals surface area contributed by atoms with Crippen LogP contribution in [0.4, 0.5) is 5.69 Å². The van der Waals surface area contributed by atoms with Crippen LogP contribution in [0.3, 0.4) is 0 Å². The van der Waals surface area contributed by atoms with Crippen LogP contribution in [0.5, 0.6) is 0 Å². The van der Waals surface area contributed by atoms with Crippen LogP contribution < -0.4 is 9.80 Å². The lowest BCUT2D eigenvalue weighted by molar-refractivity contribution is -1.00. The smallest absolute Gasteiger partial charge is 0.214 e. The molecule has 3 heterocycles. The molecule has 7 nitrogen and oxygen atoms in total. The monoisotopic (exact) mass is 416 g/mol. The van der Waals surface area contributed by atoms with Crippen molar-refractivity contribution < 1.29 is 14.2 Å². The summed E-state index contributed by atoms with van der Waals surface area (Å²) in [5, 5.41) is 12.8. The van der Waals surface area contributed by atoms with Crippen LogP contribution in [0.15, 0.2) is 77.4 Å². The zero-order chi connectivity index (χ0) is 21.0. The Morgan fingerprint density at radius 2 is 1.71 bits per heavy atom. The Hall–Kier alpha value is -3.29. The third-order valence-electron chi connectivity index (χ3n) is 6.20. The van der Waals surface area contributed by atoms with E-state index in [1.807, 2.05) is 16.8 Å². The van der Waals surface area contributed by atoms with Gasteiger partial charge in [0.15, 0.2) is 6.04 Å². The van der Waals surface area contributed by atoms with Gasteiger partial charge in [-0.3, -0.25) is 4.90 Å². The van der Waals surface area contributed by atoms with Crippen molar-refractivity contribution >= 4 is 5.69 Å². The molecule has 7 heteroatoms. The number of nitrogens with zero attached hydrogens (tertiary/aromatic N) is 4. The van der Waals surface area contributed by atoms with E-state index in [4.69, 9.17) is 4.42 Å². The standard InChI is InChI=1S/C24H26N6O/c1-19-9-11-20(12-10-19)23(24-25-26-27-30(24)18-22-8-5-17-31-22)29-15-13-28(14-16-29)21-6-3-2-4-7-21/h2-12,17,23H,13-16,18H2,1H3/p+2/t23-/m0/s1. The number of para-hydroxylation sites is 1. The number of piperazine rings is 1. The van der Waals surface area contributed by atoms with Crippen LogP contribution in [0.25, 0.3) is 0 Å². The van der Waals surface area contributed by atoms with E-state index in [0.29, 0.717) is 6.54 Å². The zero-order valence-electron chi connectivity index (χ0n) is 17.7. The van der Waals surface area contributed by atoms with Gasteiger partial charge in [-0.15, -0.1) is 5.10 Å². The summed E-state index contributed by atoms with van der Waals surface area (Å²) in [5.41, 5.74) is 3.88. The van der Waals surface area contributed by atoms with Crippen molar-refractivity contribution in [1.29, 1.82) is 0 Å². The van der Waals surface area contributed by atoms with Crippen LogP contribution in [0.2, 0.25) is 0 Å². The van der Waals surface area contributed by atoms with Crippen molar-refractivity contribution in [2.24, 2.45) is 0 Å². The number of furan rings is 1. The first-order chi connectivity index (χ1) is 15.3. The normalized spacial score (nSPS) is 19.9. The molecular formula is C24H28N6O+2. The molecule has 158 valence electrons. The van der Waals surface area contributed by atoms with Crippen LogP contribution >= 0.6 is 0 Å². The summed E-state index contributed by atoms with van der Waals surface area (Å²) in [5.74, 6) is 1.74. The fraction of sp³-hybridized carbons (Fsp3) is 0.292. The Kier molecular flexibility index (Phi) is 5.60. The molecule has 2 aromatic carbocycles. The second kappa shape index (κ2) is 8.83. The van der Waals surface area contributed by atoms with Gasteiger partial charge in [0.2, 0.25) is 5.82 Å². The van der Waals surface area contributed by atoms with Gasteiger partial charge in [-0.25, -0.2) is 4.68 Å². The lowest BCUT2D eigenvalue weighted by Crippen LogP contribution is -3.26. The van der Waals surface area contributed by atoms with Crippen molar-refractivity contribution in [1.82, 2.24) is 20.2 Å². The molecule has 0 amide bonds. The van der Waals surface area contributed by atoms with Gasteiger partial charge in [0.1, 0.15) is 44.2 Å². The van der Waals surface area contributed by atoms with Gasteiger partial charge in [0.25, 0.3) is 0 Å². The quantitative estimate of drug-likeness (QED) is 0.489. The summed E-state index contributed by atoms with van der Waals surface area (Å²) in [6, 6.07) is 23.5. The molecule has 1 aliphatic heterocycles. The SMILES string of the molecule is Cc1ccc([C@@H](c2nnnn2Cc2ccco2)[NH+]2CC[NH+](c3ccccc3)CC2)cc1. The maximum absolute atomic E-state index is 5.55. The average Bonchev–Trinajstić information content (AvgIpc) is 3.49. The van der Waals surface area contributed by atoms with E-state index in [0.717, 1.165) is 37.8 Å². The second-order valence-corrected chi connectivity index (χ2v) is 8.25. The molecule has 1 fully saturated rings. The van der Waals surface area contributed by atoms with Crippen molar-refractivity contribution in [2.75, 3.05) is 26.2 Å². The molecule has 1 atom stereocenters. The predicted octanol–water partition coefficient (Wildman–Crippen LogP) is 0.827. The molecule has 5 rings (SSSR count). The molecule has 1 aliphatic rings. The van der Waals surface area contributed by atoms with Crippen molar-refractivity contribution in [3.8, 4) is 0 Å². The Labute approximate surface area is 181 Å². The maximum Gasteiger partial charge on any atom is 0.214 e. The highest BCUT2D eigenvalue weighted by Gasteiger charge is 2.36. The highest BCUT2D eigenvalue weighted by molar-refractivity contribution is 5.28. The number of benzene rings is 2. The molecule has 31 heavy (non-hydrogen) atoms. The first-order valence-electron chi connectivity index (χ1n) is 10.9. The third-order valence-corrected chi connectivity index (χ3v) is 6.20. The fourth-order valence-corrected chi connectivity index (χ4v) is 4.53. The molecule has 1 saturated heterocycles. The summed E-state index contributed by atoms with van der Waals surface area (Å²) in [4.78, 5) is 3.04. The number of hydrogen-bond acceptors (Lipinski definition) is 4. The summed E-state index contributed by atoms with van der Waals surface area (Å²) in [6.07, 6.45) is 1.69. The maximum atomic E-state index is 5.55. The summed E-state index contributed by atoms with van der Waals surface area (Å²) in [6.45, 7) is 6.93. The third kappa shape index (κ3) is 4.28. The summed E-state index contributed by atoms with van der Waals surface area (Å²) >= 11 is 0. The Morgan fingerprint density at radius 3 is 2.42 bits per heavy atom. The number of rotatable bonds is 6. The van der Waals surface area contributed by atoms with Gasteiger partial charge in [-0.1, -0.05) is 48.0 Å². The minimum absolute atomic E-state index is 0.0860. The Morgan fingerprint density at radius 1 is 0.935 bits per heavy atom. The molecule has 0 bridgehead atoms. The highest BCUT2D eigenvalue weighted by atomic mass is 16.3. The first-order valence-corrected chi connectivity index (χ1v) is 10.9. The van der Waals surface area contributed by atoms with Gasteiger partial charge >= 0.3 is 0 Å². The predicted molar refractivity (Wildman–Crippen MR) is 116 cm³/mol. The number of tetrazole rings is 1. The fourth-order valence-electron chi connectivity index (χ4n) is 4.53. The topological polar surface area (TPSA) is 65.6 Å². The van der Waals surface area contributed by atoms with Crippen LogP contribution in [-0.4, -0.2) is 46.4 Å². The molecule has 0 saturated carbocycles.